The van der Waals surface area contributed by atoms with Crippen LogP contribution in [0.2, 0.25) is 5.02 Å². The molecule has 1 atom stereocenters. The number of amides is 2. The van der Waals surface area contributed by atoms with Gasteiger partial charge in [0.05, 0.1) is 22.2 Å². The molecule has 0 saturated carbocycles. The molecule has 1 unspecified atom stereocenters. The van der Waals surface area contributed by atoms with E-state index < -0.39 is 17.4 Å². The molecule has 7 nitrogen and oxygen atoms in total. The zero-order valence-corrected chi connectivity index (χ0v) is 17.9. The molecular formula is C22H19ClN4O3S. The molecule has 31 heavy (non-hydrogen) atoms. The van der Waals surface area contributed by atoms with Crippen LogP contribution in [0.4, 0.5) is 11.5 Å². The van der Waals surface area contributed by atoms with E-state index in [0.29, 0.717) is 21.6 Å². The Morgan fingerprint density at radius 1 is 1.13 bits per heavy atom. The molecule has 3 N–H and O–H groups in total. The number of H-pyrrole nitrogens is 1. The minimum Gasteiger partial charge on any atom is -0.324 e. The highest BCUT2D eigenvalue weighted by atomic mass is 35.5. The van der Waals surface area contributed by atoms with E-state index >= 15 is 0 Å². The van der Waals surface area contributed by atoms with Crippen LogP contribution in [-0.2, 0) is 16.0 Å². The molecule has 2 amide bonds. The van der Waals surface area contributed by atoms with Gasteiger partial charge < -0.3 is 15.6 Å². The number of halogens is 1. The van der Waals surface area contributed by atoms with Crippen molar-refractivity contribution in [1.82, 2.24) is 9.97 Å². The van der Waals surface area contributed by atoms with Gasteiger partial charge in [-0.1, -0.05) is 65.8 Å². The first-order valence-corrected chi connectivity index (χ1v) is 11.0. The molecule has 1 aromatic heterocycles. The number of aromatic amines is 1. The fourth-order valence-electron chi connectivity index (χ4n) is 3.34. The first-order valence-electron chi connectivity index (χ1n) is 9.67. The number of thioether (sulfide) groups is 1. The Kier molecular flexibility index (Phi) is 6.39. The molecule has 4 rings (SSSR count). The molecule has 2 aromatic carbocycles. The summed E-state index contributed by atoms with van der Waals surface area (Å²) in [4.78, 5) is 45.0. The maximum absolute atomic E-state index is 12.9. The van der Waals surface area contributed by atoms with Crippen molar-refractivity contribution >= 4 is 46.7 Å². The zero-order chi connectivity index (χ0) is 21.8. The maximum atomic E-state index is 12.9. The SMILES string of the molecule is O=C1CC(C(=O)Nc2ccccc2Cl)c2c(nc(SCCc3ccccc3)[nH]c2=O)N1. The molecule has 9 heteroatoms. The smallest absolute Gasteiger partial charge is 0.257 e. The number of carbonyl (C=O) groups is 2. The van der Waals surface area contributed by atoms with Crippen molar-refractivity contribution in [2.24, 2.45) is 0 Å². The summed E-state index contributed by atoms with van der Waals surface area (Å²) >= 11 is 7.49. The predicted octanol–water partition coefficient (Wildman–Crippen LogP) is 3.82. The predicted molar refractivity (Wildman–Crippen MR) is 122 cm³/mol. The van der Waals surface area contributed by atoms with Gasteiger partial charge in [0.25, 0.3) is 5.56 Å². The van der Waals surface area contributed by atoms with Gasteiger partial charge in [-0.05, 0) is 24.1 Å². The fourth-order valence-corrected chi connectivity index (χ4v) is 4.37. The number of hydrogen-bond donors (Lipinski definition) is 3. The lowest BCUT2D eigenvalue weighted by atomic mass is 9.92. The first-order chi connectivity index (χ1) is 15.0. The van der Waals surface area contributed by atoms with Gasteiger partial charge in [0, 0.05) is 12.2 Å². The second-order valence-electron chi connectivity index (χ2n) is 6.99. The van der Waals surface area contributed by atoms with E-state index in [2.05, 4.69) is 20.6 Å². The number of benzene rings is 2. The largest absolute Gasteiger partial charge is 0.324 e. The lowest BCUT2D eigenvalue weighted by Crippen LogP contribution is -2.36. The molecule has 0 saturated heterocycles. The minimum absolute atomic E-state index is 0.126. The molecule has 3 aromatic rings. The van der Waals surface area contributed by atoms with E-state index in [-0.39, 0.29) is 23.7 Å². The number of rotatable bonds is 6. The molecule has 0 aliphatic carbocycles. The van der Waals surface area contributed by atoms with Gasteiger partial charge in [-0.25, -0.2) is 4.98 Å². The third-order valence-corrected chi connectivity index (χ3v) is 6.05. The third kappa shape index (κ3) is 4.98. The Morgan fingerprint density at radius 3 is 2.65 bits per heavy atom. The Hall–Kier alpha value is -3.10. The highest BCUT2D eigenvalue weighted by Gasteiger charge is 2.35. The number of hydrogen-bond acceptors (Lipinski definition) is 5. The Morgan fingerprint density at radius 2 is 1.87 bits per heavy atom. The highest BCUT2D eigenvalue weighted by molar-refractivity contribution is 7.99. The Bertz CT molecular complexity index is 1180. The van der Waals surface area contributed by atoms with Crippen molar-refractivity contribution in [3.8, 4) is 0 Å². The number of anilines is 2. The lowest BCUT2D eigenvalue weighted by Gasteiger charge is -2.23. The topological polar surface area (TPSA) is 104 Å². The molecule has 0 radical (unpaired) electrons. The number of fused-ring (bicyclic) bond motifs is 1. The van der Waals surface area contributed by atoms with Crippen LogP contribution in [0.25, 0.3) is 0 Å². The van der Waals surface area contributed by atoms with Crippen molar-refractivity contribution in [3.05, 3.63) is 81.1 Å². The minimum atomic E-state index is -0.959. The van der Waals surface area contributed by atoms with Crippen molar-refractivity contribution < 1.29 is 9.59 Å². The molecule has 0 fully saturated rings. The van der Waals surface area contributed by atoms with Crippen molar-refractivity contribution in [1.29, 1.82) is 0 Å². The second-order valence-corrected chi connectivity index (χ2v) is 8.48. The van der Waals surface area contributed by atoms with Crippen molar-refractivity contribution in [2.45, 2.75) is 23.9 Å². The molecule has 1 aliphatic rings. The number of carbonyl (C=O) groups excluding carboxylic acids is 2. The second kappa shape index (κ2) is 9.36. The number of aromatic nitrogens is 2. The van der Waals surface area contributed by atoms with Gasteiger partial charge in [0.2, 0.25) is 11.8 Å². The van der Waals surface area contributed by atoms with E-state index in [4.69, 9.17) is 11.6 Å². The Labute approximate surface area is 187 Å². The first kappa shape index (κ1) is 21.1. The summed E-state index contributed by atoms with van der Waals surface area (Å²) in [5.74, 6) is -0.983. The summed E-state index contributed by atoms with van der Waals surface area (Å²) in [6.07, 6.45) is 0.663. The molecular weight excluding hydrogens is 436 g/mol. The van der Waals surface area contributed by atoms with Gasteiger partial charge in [-0.15, -0.1) is 0 Å². The summed E-state index contributed by atoms with van der Waals surface area (Å²) in [5, 5.41) is 6.08. The average Bonchev–Trinajstić information content (AvgIpc) is 2.75. The van der Waals surface area contributed by atoms with Crippen LogP contribution in [-0.4, -0.2) is 27.5 Å². The summed E-state index contributed by atoms with van der Waals surface area (Å²) in [7, 11) is 0. The van der Waals surface area contributed by atoms with Crippen LogP contribution in [0.3, 0.4) is 0 Å². The highest BCUT2D eigenvalue weighted by Crippen LogP contribution is 2.31. The zero-order valence-electron chi connectivity index (χ0n) is 16.4. The molecule has 0 bridgehead atoms. The van der Waals surface area contributed by atoms with Gasteiger partial charge in [-0.3, -0.25) is 14.4 Å². The number of nitrogens with zero attached hydrogens (tertiary/aromatic N) is 1. The van der Waals surface area contributed by atoms with Crippen LogP contribution < -0.4 is 16.2 Å². The van der Waals surface area contributed by atoms with E-state index in [1.54, 1.807) is 24.3 Å². The summed E-state index contributed by atoms with van der Waals surface area (Å²) in [5.41, 5.74) is 1.31. The van der Waals surface area contributed by atoms with E-state index in [0.717, 1.165) is 6.42 Å². The normalized spacial score (nSPS) is 15.1. The van der Waals surface area contributed by atoms with Gasteiger partial charge >= 0.3 is 0 Å². The molecule has 2 heterocycles. The summed E-state index contributed by atoms with van der Waals surface area (Å²) in [6, 6.07) is 16.7. The fraction of sp³-hybridized carbons (Fsp3) is 0.182. The monoisotopic (exact) mass is 454 g/mol. The standard InChI is InChI=1S/C22H19ClN4O3S/c23-15-8-4-5-9-16(15)24-20(29)14-12-17(28)25-19-18(14)21(30)27-22(26-19)31-11-10-13-6-2-1-3-7-13/h1-9,14H,10-12H2,(H,24,29)(H2,25,26,27,28,30). The number of aryl methyl sites for hydroxylation is 1. The maximum Gasteiger partial charge on any atom is 0.257 e. The van der Waals surface area contributed by atoms with Crippen LogP contribution >= 0.6 is 23.4 Å². The van der Waals surface area contributed by atoms with Crippen LogP contribution in [0.5, 0.6) is 0 Å². The average molecular weight is 455 g/mol. The van der Waals surface area contributed by atoms with Gasteiger partial charge in [0.15, 0.2) is 5.16 Å². The third-order valence-electron chi connectivity index (χ3n) is 4.85. The summed E-state index contributed by atoms with van der Waals surface area (Å²) < 4.78 is 0. The van der Waals surface area contributed by atoms with Crippen molar-refractivity contribution in [2.75, 3.05) is 16.4 Å². The van der Waals surface area contributed by atoms with Crippen LogP contribution in [0.1, 0.15) is 23.5 Å². The van der Waals surface area contributed by atoms with Gasteiger partial charge in [-0.2, -0.15) is 0 Å². The van der Waals surface area contributed by atoms with E-state index in [1.165, 1.54) is 17.3 Å². The molecule has 158 valence electrons. The van der Waals surface area contributed by atoms with E-state index in [9.17, 15) is 14.4 Å². The number of para-hydroxylation sites is 1. The summed E-state index contributed by atoms with van der Waals surface area (Å²) in [6.45, 7) is 0. The quantitative estimate of drug-likeness (QED) is 0.388. The molecule has 0 spiro atoms. The van der Waals surface area contributed by atoms with E-state index in [1.807, 2.05) is 30.3 Å². The molecule has 1 aliphatic heterocycles. The van der Waals surface area contributed by atoms with Crippen LogP contribution in [0, 0.1) is 0 Å². The van der Waals surface area contributed by atoms with Gasteiger partial charge in [0.1, 0.15) is 5.82 Å². The van der Waals surface area contributed by atoms with Crippen LogP contribution in [0.15, 0.2) is 64.5 Å². The Balaban J connectivity index is 1.53. The number of nitrogens with one attached hydrogen (secondary N) is 3. The van der Waals surface area contributed by atoms with Crippen molar-refractivity contribution in [3.63, 3.8) is 0 Å². The lowest BCUT2D eigenvalue weighted by molar-refractivity contribution is -0.123.